The van der Waals surface area contributed by atoms with Crippen molar-refractivity contribution in [3.63, 3.8) is 0 Å². The molecular formula is C14H13IN2O. The minimum Gasteiger partial charge on any atom is -0.296 e. The number of aromatic nitrogens is 2. The maximum Gasteiger partial charge on any atom is 0.171 e. The third-order valence-corrected chi connectivity index (χ3v) is 4.31. The molecule has 92 valence electrons. The normalized spacial score (nSPS) is 14.7. The number of benzene rings is 1. The molecule has 1 saturated carbocycles. The van der Waals surface area contributed by atoms with Crippen LogP contribution in [-0.2, 0) is 6.54 Å². The van der Waals surface area contributed by atoms with Crippen molar-refractivity contribution >= 4 is 28.9 Å². The van der Waals surface area contributed by atoms with Crippen molar-refractivity contribution in [2.24, 2.45) is 0 Å². The summed E-state index contributed by atoms with van der Waals surface area (Å²) in [6.45, 7) is 0.747. The quantitative estimate of drug-likeness (QED) is 0.626. The fourth-order valence-electron chi connectivity index (χ4n) is 2.17. The summed E-state index contributed by atoms with van der Waals surface area (Å²) in [5.41, 5.74) is 3.03. The van der Waals surface area contributed by atoms with Crippen molar-refractivity contribution in [2.75, 3.05) is 0 Å². The monoisotopic (exact) mass is 352 g/mol. The number of rotatable bonds is 4. The minimum absolute atomic E-state index is 0.577. The number of hydrogen-bond donors (Lipinski definition) is 0. The number of carbonyl (C=O) groups is 1. The van der Waals surface area contributed by atoms with Crippen LogP contribution >= 0.6 is 22.6 Å². The Morgan fingerprint density at radius 1 is 1.33 bits per heavy atom. The lowest BCUT2D eigenvalue weighted by Crippen LogP contribution is -2.06. The van der Waals surface area contributed by atoms with E-state index >= 15 is 0 Å². The van der Waals surface area contributed by atoms with Crippen LogP contribution in [0.2, 0.25) is 0 Å². The lowest BCUT2D eigenvalue weighted by Gasteiger charge is -2.07. The molecule has 3 rings (SSSR count). The van der Waals surface area contributed by atoms with Crippen LogP contribution in [0.15, 0.2) is 30.3 Å². The van der Waals surface area contributed by atoms with Crippen molar-refractivity contribution in [3.05, 3.63) is 50.9 Å². The van der Waals surface area contributed by atoms with Gasteiger partial charge in [0, 0.05) is 5.92 Å². The highest BCUT2D eigenvalue weighted by molar-refractivity contribution is 14.1. The zero-order valence-corrected chi connectivity index (χ0v) is 12.0. The van der Waals surface area contributed by atoms with Crippen LogP contribution in [0.5, 0.6) is 0 Å². The molecule has 0 unspecified atom stereocenters. The summed E-state index contributed by atoms with van der Waals surface area (Å²) >= 11 is 2.25. The Bertz CT molecular complexity index is 573. The number of aldehydes is 1. The van der Waals surface area contributed by atoms with E-state index in [1.165, 1.54) is 24.1 Å². The molecule has 18 heavy (non-hydrogen) atoms. The third kappa shape index (κ3) is 2.21. The van der Waals surface area contributed by atoms with Gasteiger partial charge in [-0.15, -0.1) is 0 Å². The zero-order chi connectivity index (χ0) is 12.5. The molecule has 0 atom stereocenters. The Balaban J connectivity index is 1.98. The predicted octanol–water partition coefficient (Wildman–Crippen LogP) is 3.23. The summed E-state index contributed by atoms with van der Waals surface area (Å²) in [5.74, 6) is 0.599. The fraction of sp³-hybridized carbons (Fsp3) is 0.286. The highest BCUT2D eigenvalue weighted by atomic mass is 127. The van der Waals surface area contributed by atoms with E-state index in [2.05, 4.69) is 39.8 Å². The van der Waals surface area contributed by atoms with Gasteiger partial charge in [-0.05, 0) is 41.0 Å². The van der Waals surface area contributed by atoms with Crippen LogP contribution in [0.25, 0.3) is 0 Å². The van der Waals surface area contributed by atoms with Gasteiger partial charge in [-0.1, -0.05) is 30.3 Å². The number of nitrogens with zero attached hydrogens (tertiary/aromatic N) is 2. The Labute approximate surface area is 119 Å². The molecule has 1 aliphatic carbocycles. The van der Waals surface area contributed by atoms with E-state index in [4.69, 9.17) is 0 Å². The molecule has 1 fully saturated rings. The van der Waals surface area contributed by atoms with Crippen LogP contribution in [0.1, 0.15) is 40.5 Å². The van der Waals surface area contributed by atoms with Crippen molar-refractivity contribution in [3.8, 4) is 0 Å². The number of carbonyl (C=O) groups excluding carboxylic acids is 1. The van der Waals surface area contributed by atoms with Crippen LogP contribution in [0, 0.1) is 3.57 Å². The van der Waals surface area contributed by atoms with Crippen molar-refractivity contribution < 1.29 is 4.79 Å². The van der Waals surface area contributed by atoms with E-state index < -0.39 is 0 Å². The van der Waals surface area contributed by atoms with Gasteiger partial charge < -0.3 is 0 Å². The average Bonchev–Trinajstić information content (AvgIpc) is 3.17. The predicted molar refractivity (Wildman–Crippen MR) is 77.9 cm³/mol. The van der Waals surface area contributed by atoms with Gasteiger partial charge in [-0.25, -0.2) is 0 Å². The van der Waals surface area contributed by atoms with Gasteiger partial charge in [0.25, 0.3) is 0 Å². The summed E-state index contributed by atoms with van der Waals surface area (Å²) in [6, 6.07) is 10.2. The van der Waals surface area contributed by atoms with Gasteiger partial charge in [0.15, 0.2) is 6.29 Å². The second-order valence-corrected chi connectivity index (χ2v) is 5.70. The highest BCUT2D eigenvalue weighted by Gasteiger charge is 2.31. The zero-order valence-electron chi connectivity index (χ0n) is 9.84. The third-order valence-electron chi connectivity index (χ3n) is 3.21. The minimum atomic E-state index is 0.577. The summed E-state index contributed by atoms with van der Waals surface area (Å²) < 4.78 is 3.03. The number of hydrogen-bond acceptors (Lipinski definition) is 2. The molecule has 0 saturated heterocycles. The second-order valence-electron chi connectivity index (χ2n) is 4.62. The van der Waals surface area contributed by atoms with Gasteiger partial charge >= 0.3 is 0 Å². The molecule has 0 radical (unpaired) electrons. The lowest BCUT2D eigenvalue weighted by atomic mass is 10.2. The number of halogens is 1. The van der Waals surface area contributed by atoms with Crippen LogP contribution in [0.3, 0.4) is 0 Å². The molecule has 0 spiro atoms. The Kier molecular flexibility index (Phi) is 3.20. The molecule has 0 aliphatic heterocycles. The highest BCUT2D eigenvalue weighted by Crippen LogP contribution is 2.42. The summed E-state index contributed by atoms with van der Waals surface area (Å²) in [6.07, 6.45) is 3.29. The van der Waals surface area contributed by atoms with Gasteiger partial charge in [0.1, 0.15) is 5.69 Å². The van der Waals surface area contributed by atoms with Crippen LogP contribution in [0.4, 0.5) is 0 Å². The molecule has 2 aromatic rings. The summed E-state index contributed by atoms with van der Waals surface area (Å²) in [7, 11) is 0. The van der Waals surface area contributed by atoms with E-state index in [0.29, 0.717) is 11.6 Å². The molecule has 1 aliphatic rings. The fourth-order valence-corrected chi connectivity index (χ4v) is 3.13. The van der Waals surface area contributed by atoms with Gasteiger partial charge in [-0.2, -0.15) is 5.10 Å². The molecule has 1 aromatic heterocycles. The molecule has 4 heteroatoms. The van der Waals surface area contributed by atoms with Crippen molar-refractivity contribution in [1.29, 1.82) is 0 Å². The SMILES string of the molecule is O=Cc1nn(Cc2ccccc2)c(C2CC2)c1I. The maximum absolute atomic E-state index is 11.0. The molecule has 0 N–H and O–H groups in total. The van der Waals surface area contributed by atoms with Gasteiger partial charge in [-0.3, -0.25) is 9.48 Å². The molecular weight excluding hydrogens is 339 g/mol. The van der Waals surface area contributed by atoms with Crippen molar-refractivity contribution in [2.45, 2.75) is 25.3 Å². The lowest BCUT2D eigenvalue weighted by molar-refractivity contribution is 0.111. The maximum atomic E-state index is 11.0. The van der Waals surface area contributed by atoms with E-state index in [1.807, 2.05) is 22.9 Å². The van der Waals surface area contributed by atoms with E-state index in [-0.39, 0.29) is 0 Å². The Morgan fingerprint density at radius 3 is 2.67 bits per heavy atom. The van der Waals surface area contributed by atoms with E-state index in [1.54, 1.807) is 0 Å². The Hall–Kier alpha value is -1.17. The van der Waals surface area contributed by atoms with Crippen LogP contribution < -0.4 is 0 Å². The average molecular weight is 352 g/mol. The first-order valence-corrected chi connectivity index (χ1v) is 7.12. The summed E-state index contributed by atoms with van der Waals surface area (Å²) in [5, 5.41) is 4.43. The molecule has 1 aromatic carbocycles. The van der Waals surface area contributed by atoms with E-state index in [0.717, 1.165) is 16.4 Å². The smallest absolute Gasteiger partial charge is 0.171 e. The molecule has 0 bridgehead atoms. The first-order chi connectivity index (χ1) is 8.79. The molecule has 3 nitrogen and oxygen atoms in total. The second kappa shape index (κ2) is 4.84. The molecule has 1 heterocycles. The van der Waals surface area contributed by atoms with E-state index in [9.17, 15) is 4.79 Å². The largest absolute Gasteiger partial charge is 0.296 e. The molecule has 0 amide bonds. The first-order valence-electron chi connectivity index (χ1n) is 6.05. The van der Waals surface area contributed by atoms with Gasteiger partial charge in [0.2, 0.25) is 0 Å². The standard InChI is InChI=1S/C14H13IN2O/c15-13-12(9-18)16-17(14(13)11-6-7-11)8-10-4-2-1-3-5-10/h1-5,9,11H,6-8H2. The summed E-state index contributed by atoms with van der Waals surface area (Å²) in [4.78, 5) is 11.0. The van der Waals surface area contributed by atoms with Crippen LogP contribution in [-0.4, -0.2) is 16.1 Å². The van der Waals surface area contributed by atoms with Crippen molar-refractivity contribution in [1.82, 2.24) is 9.78 Å². The topological polar surface area (TPSA) is 34.9 Å². The van der Waals surface area contributed by atoms with Gasteiger partial charge in [0.05, 0.1) is 15.8 Å². The Morgan fingerprint density at radius 2 is 2.06 bits per heavy atom. The first kappa shape index (κ1) is 11.9.